The van der Waals surface area contributed by atoms with E-state index in [-0.39, 0.29) is 5.56 Å². The summed E-state index contributed by atoms with van der Waals surface area (Å²) in [4.78, 5) is 19.3. The van der Waals surface area contributed by atoms with Crippen LogP contribution in [0, 0.1) is 0 Å². The Kier molecular flexibility index (Phi) is 3.01. The van der Waals surface area contributed by atoms with Crippen molar-refractivity contribution in [3.8, 4) is 17.2 Å². The standard InChI is InChI=1S/C15H11N3O2/c19-15(20)12-6-7-13(17-10-12)18-9-8-16-14(18)11-4-2-1-3-5-11/h1-10H,(H,19,20). The van der Waals surface area contributed by atoms with Crippen molar-refractivity contribution in [3.05, 3.63) is 66.6 Å². The molecule has 0 aliphatic carbocycles. The summed E-state index contributed by atoms with van der Waals surface area (Å²) >= 11 is 0. The minimum Gasteiger partial charge on any atom is -0.478 e. The molecule has 5 nitrogen and oxygen atoms in total. The van der Waals surface area contributed by atoms with Gasteiger partial charge in [-0.05, 0) is 12.1 Å². The second-order valence-electron chi connectivity index (χ2n) is 4.20. The number of rotatable bonds is 3. The zero-order chi connectivity index (χ0) is 13.9. The Bertz CT molecular complexity index is 733. The number of carbonyl (C=O) groups is 1. The van der Waals surface area contributed by atoms with Gasteiger partial charge in [-0.2, -0.15) is 0 Å². The minimum atomic E-state index is -0.988. The van der Waals surface area contributed by atoms with Crippen LogP contribution in [0.2, 0.25) is 0 Å². The number of aromatic carboxylic acids is 1. The lowest BCUT2D eigenvalue weighted by molar-refractivity contribution is 0.0696. The quantitative estimate of drug-likeness (QED) is 0.790. The maximum atomic E-state index is 10.8. The number of carboxylic acid groups (broad SMARTS) is 1. The fourth-order valence-corrected chi connectivity index (χ4v) is 1.94. The molecular weight excluding hydrogens is 254 g/mol. The lowest BCUT2D eigenvalue weighted by Crippen LogP contribution is -2.02. The fraction of sp³-hybridized carbons (Fsp3) is 0. The van der Waals surface area contributed by atoms with Crippen molar-refractivity contribution in [1.82, 2.24) is 14.5 Å². The normalized spacial score (nSPS) is 10.4. The number of aromatic nitrogens is 3. The first-order chi connectivity index (χ1) is 9.75. The van der Waals surface area contributed by atoms with Gasteiger partial charge in [0.2, 0.25) is 0 Å². The molecule has 0 amide bonds. The molecule has 0 spiro atoms. The highest BCUT2D eigenvalue weighted by atomic mass is 16.4. The molecule has 3 aromatic rings. The van der Waals surface area contributed by atoms with Gasteiger partial charge in [0.1, 0.15) is 11.6 Å². The maximum Gasteiger partial charge on any atom is 0.337 e. The smallest absolute Gasteiger partial charge is 0.337 e. The lowest BCUT2D eigenvalue weighted by atomic mass is 10.2. The summed E-state index contributed by atoms with van der Waals surface area (Å²) in [7, 11) is 0. The van der Waals surface area contributed by atoms with Crippen molar-refractivity contribution in [2.45, 2.75) is 0 Å². The van der Waals surface area contributed by atoms with Crippen LogP contribution in [0.25, 0.3) is 17.2 Å². The Morgan fingerprint density at radius 3 is 2.50 bits per heavy atom. The van der Waals surface area contributed by atoms with E-state index < -0.39 is 5.97 Å². The molecule has 20 heavy (non-hydrogen) atoms. The molecule has 1 aromatic carbocycles. The molecule has 0 radical (unpaired) electrons. The zero-order valence-electron chi connectivity index (χ0n) is 10.5. The third-order valence-electron chi connectivity index (χ3n) is 2.91. The van der Waals surface area contributed by atoms with E-state index in [1.165, 1.54) is 12.3 Å². The SMILES string of the molecule is O=C(O)c1ccc(-n2ccnc2-c2ccccc2)nc1. The molecule has 0 saturated heterocycles. The number of benzene rings is 1. The number of hydrogen-bond donors (Lipinski definition) is 1. The third kappa shape index (κ3) is 2.16. The summed E-state index contributed by atoms with van der Waals surface area (Å²) in [5.41, 5.74) is 1.14. The predicted molar refractivity (Wildman–Crippen MR) is 73.8 cm³/mol. The molecular formula is C15H11N3O2. The second-order valence-corrected chi connectivity index (χ2v) is 4.20. The van der Waals surface area contributed by atoms with Crippen molar-refractivity contribution < 1.29 is 9.90 Å². The van der Waals surface area contributed by atoms with Crippen LogP contribution in [0.3, 0.4) is 0 Å². The lowest BCUT2D eigenvalue weighted by Gasteiger charge is -2.07. The second kappa shape index (κ2) is 4.97. The van der Waals surface area contributed by atoms with Gasteiger partial charge in [-0.25, -0.2) is 14.8 Å². The molecule has 0 aliphatic heterocycles. The van der Waals surface area contributed by atoms with Gasteiger partial charge in [0, 0.05) is 24.2 Å². The molecule has 98 valence electrons. The molecule has 0 saturated carbocycles. The Morgan fingerprint density at radius 2 is 1.85 bits per heavy atom. The van der Waals surface area contributed by atoms with E-state index in [9.17, 15) is 4.79 Å². The fourth-order valence-electron chi connectivity index (χ4n) is 1.94. The van der Waals surface area contributed by atoms with E-state index in [1.807, 2.05) is 34.9 Å². The van der Waals surface area contributed by atoms with Crippen LogP contribution in [-0.4, -0.2) is 25.6 Å². The van der Waals surface area contributed by atoms with E-state index in [1.54, 1.807) is 18.5 Å². The zero-order valence-corrected chi connectivity index (χ0v) is 10.5. The van der Waals surface area contributed by atoms with Crippen LogP contribution >= 0.6 is 0 Å². The summed E-state index contributed by atoms with van der Waals surface area (Å²) in [6.07, 6.45) is 4.83. The minimum absolute atomic E-state index is 0.162. The predicted octanol–water partition coefficient (Wildman–Crippen LogP) is 2.63. The van der Waals surface area contributed by atoms with E-state index in [0.717, 1.165) is 11.4 Å². The summed E-state index contributed by atoms with van der Waals surface area (Å²) in [5, 5.41) is 8.88. The molecule has 2 aromatic heterocycles. The summed E-state index contributed by atoms with van der Waals surface area (Å²) in [6, 6.07) is 12.9. The van der Waals surface area contributed by atoms with Crippen LogP contribution in [0.15, 0.2) is 61.1 Å². The van der Waals surface area contributed by atoms with Gasteiger partial charge < -0.3 is 5.11 Å². The maximum absolute atomic E-state index is 10.8. The highest BCUT2D eigenvalue weighted by Gasteiger charge is 2.09. The van der Waals surface area contributed by atoms with E-state index in [0.29, 0.717) is 5.82 Å². The highest BCUT2D eigenvalue weighted by Crippen LogP contribution is 2.20. The van der Waals surface area contributed by atoms with E-state index >= 15 is 0 Å². The summed E-state index contributed by atoms with van der Waals surface area (Å²) < 4.78 is 1.82. The molecule has 0 atom stereocenters. The molecule has 0 bridgehead atoms. The van der Waals surface area contributed by atoms with Gasteiger partial charge in [0.25, 0.3) is 0 Å². The van der Waals surface area contributed by atoms with Gasteiger partial charge in [-0.3, -0.25) is 4.57 Å². The number of hydrogen-bond acceptors (Lipinski definition) is 3. The van der Waals surface area contributed by atoms with E-state index in [4.69, 9.17) is 5.11 Å². The number of pyridine rings is 1. The van der Waals surface area contributed by atoms with Crippen LogP contribution in [0.4, 0.5) is 0 Å². The molecule has 1 N–H and O–H groups in total. The van der Waals surface area contributed by atoms with Crippen molar-refractivity contribution in [2.75, 3.05) is 0 Å². The molecule has 0 unspecified atom stereocenters. The van der Waals surface area contributed by atoms with Gasteiger partial charge in [0.15, 0.2) is 0 Å². The number of carboxylic acids is 1. The van der Waals surface area contributed by atoms with Crippen LogP contribution in [0.1, 0.15) is 10.4 Å². The first-order valence-corrected chi connectivity index (χ1v) is 6.04. The molecule has 3 rings (SSSR count). The van der Waals surface area contributed by atoms with Crippen molar-refractivity contribution in [3.63, 3.8) is 0 Å². The first-order valence-electron chi connectivity index (χ1n) is 6.04. The monoisotopic (exact) mass is 265 g/mol. The molecule has 0 aliphatic rings. The van der Waals surface area contributed by atoms with Crippen molar-refractivity contribution in [2.24, 2.45) is 0 Å². The average molecular weight is 265 g/mol. The van der Waals surface area contributed by atoms with Gasteiger partial charge >= 0.3 is 5.97 Å². The number of imidazole rings is 1. The van der Waals surface area contributed by atoms with Crippen molar-refractivity contribution in [1.29, 1.82) is 0 Å². The van der Waals surface area contributed by atoms with E-state index in [2.05, 4.69) is 9.97 Å². The van der Waals surface area contributed by atoms with Gasteiger partial charge in [-0.1, -0.05) is 30.3 Å². The molecule has 0 fully saturated rings. The summed E-state index contributed by atoms with van der Waals surface area (Å²) in [5.74, 6) is 0.408. The first kappa shape index (κ1) is 12.1. The Morgan fingerprint density at radius 1 is 1.05 bits per heavy atom. The van der Waals surface area contributed by atoms with Crippen LogP contribution in [-0.2, 0) is 0 Å². The Labute approximate surface area is 115 Å². The summed E-state index contributed by atoms with van der Waals surface area (Å²) in [6.45, 7) is 0. The van der Waals surface area contributed by atoms with Gasteiger partial charge in [-0.15, -0.1) is 0 Å². The molecule has 2 heterocycles. The Hall–Kier alpha value is -2.95. The topological polar surface area (TPSA) is 68.0 Å². The third-order valence-corrected chi connectivity index (χ3v) is 2.91. The van der Waals surface area contributed by atoms with Gasteiger partial charge in [0.05, 0.1) is 5.56 Å². The average Bonchev–Trinajstić information content (AvgIpc) is 2.97. The highest BCUT2D eigenvalue weighted by molar-refractivity contribution is 5.87. The van der Waals surface area contributed by atoms with Crippen LogP contribution < -0.4 is 0 Å². The largest absolute Gasteiger partial charge is 0.478 e. The van der Waals surface area contributed by atoms with Crippen LogP contribution in [0.5, 0.6) is 0 Å². The molecule has 5 heteroatoms. The van der Waals surface area contributed by atoms with Crippen molar-refractivity contribution >= 4 is 5.97 Å². The number of nitrogens with zero attached hydrogens (tertiary/aromatic N) is 3. The Balaban J connectivity index is 2.04.